The number of nitrogens with zero attached hydrogens (tertiary/aromatic N) is 1. The van der Waals surface area contributed by atoms with Crippen molar-refractivity contribution in [3.63, 3.8) is 0 Å². The average Bonchev–Trinajstić information content (AvgIpc) is 3.09. The van der Waals surface area contributed by atoms with Crippen molar-refractivity contribution in [2.45, 2.75) is 13.8 Å². The van der Waals surface area contributed by atoms with E-state index < -0.39 is 0 Å². The van der Waals surface area contributed by atoms with Gasteiger partial charge in [-0.3, -0.25) is 0 Å². The molecule has 37 heavy (non-hydrogen) atoms. The topological polar surface area (TPSA) is 3.24 Å². The summed E-state index contributed by atoms with van der Waals surface area (Å²) in [5.74, 6) is 0.711. The lowest BCUT2D eigenvalue weighted by Gasteiger charge is -2.26. The van der Waals surface area contributed by atoms with E-state index in [0.29, 0.717) is 11.8 Å². The Kier molecular flexibility index (Phi) is 6.20. The predicted molar refractivity (Wildman–Crippen MR) is 159 cm³/mol. The van der Waals surface area contributed by atoms with Crippen molar-refractivity contribution in [2.75, 3.05) is 4.90 Å². The van der Waals surface area contributed by atoms with Crippen LogP contribution < -0.4 is 4.90 Å². The maximum absolute atomic E-state index is 2.37. The summed E-state index contributed by atoms with van der Waals surface area (Å²) in [6, 6.07) is 35.2. The van der Waals surface area contributed by atoms with Crippen molar-refractivity contribution < 1.29 is 0 Å². The first kappa shape index (κ1) is 23.1. The van der Waals surface area contributed by atoms with Crippen molar-refractivity contribution in [3.8, 4) is 0 Å². The normalized spacial score (nSPS) is 18.8. The molecule has 0 aliphatic heterocycles. The predicted octanol–water partition coefficient (Wildman–Crippen LogP) is 9.70. The van der Waals surface area contributed by atoms with Gasteiger partial charge in [-0.15, -0.1) is 0 Å². The summed E-state index contributed by atoms with van der Waals surface area (Å²) in [5.41, 5.74) is 11.2. The van der Waals surface area contributed by atoms with Gasteiger partial charge in [0.2, 0.25) is 0 Å². The molecule has 4 aromatic carbocycles. The largest absolute Gasteiger partial charge is 0.311 e. The third-order valence-corrected chi connectivity index (χ3v) is 7.36. The Labute approximate surface area is 220 Å². The first-order chi connectivity index (χ1) is 18.2. The summed E-state index contributed by atoms with van der Waals surface area (Å²) in [6.45, 7) is 4.26. The SMILES string of the molecule is Cc1ccc(N(c2ccc(C)cc2)c2ccc(C=C3c4ccccc4C=CC4C=CC=CC34)cc2)cc1. The molecule has 1 heteroatoms. The Balaban J connectivity index is 1.40. The molecular weight excluding hydrogens is 446 g/mol. The number of allylic oxidation sites excluding steroid dienone is 6. The fourth-order valence-corrected chi connectivity index (χ4v) is 5.33. The molecule has 0 saturated carbocycles. The molecule has 1 nitrogen and oxygen atoms in total. The third-order valence-electron chi connectivity index (χ3n) is 7.36. The molecule has 2 atom stereocenters. The van der Waals surface area contributed by atoms with Crippen molar-refractivity contribution in [2.24, 2.45) is 11.8 Å². The van der Waals surface area contributed by atoms with Crippen LogP contribution in [0, 0.1) is 25.7 Å². The first-order valence-corrected chi connectivity index (χ1v) is 13.0. The second kappa shape index (κ2) is 9.95. The maximum atomic E-state index is 2.37. The summed E-state index contributed by atoms with van der Waals surface area (Å²) in [7, 11) is 0. The molecule has 0 saturated heterocycles. The van der Waals surface area contributed by atoms with E-state index in [9.17, 15) is 0 Å². The van der Waals surface area contributed by atoms with Gasteiger partial charge in [0, 0.05) is 28.9 Å². The lowest BCUT2D eigenvalue weighted by molar-refractivity contribution is 0.692. The maximum Gasteiger partial charge on any atom is 0.0462 e. The molecule has 2 aliphatic rings. The Morgan fingerprint density at radius 1 is 0.595 bits per heavy atom. The van der Waals surface area contributed by atoms with E-state index in [-0.39, 0.29) is 0 Å². The van der Waals surface area contributed by atoms with Crippen LogP contribution in [-0.4, -0.2) is 0 Å². The molecule has 180 valence electrons. The number of hydrogen-bond acceptors (Lipinski definition) is 1. The van der Waals surface area contributed by atoms with E-state index in [2.05, 4.69) is 158 Å². The van der Waals surface area contributed by atoms with Gasteiger partial charge < -0.3 is 4.90 Å². The molecule has 0 aromatic heterocycles. The van der Waals surface area contributed by atoms with Gasteiger partial charge in [0.15, 0.2) is 0 Å². The van der Waals surface area contributed by atoms with Gasteiger partial charge in [-0.1, -0.05) is 114 Å². The Hall–Kier alpha value is -4.36. The molecule has 0 radical (unpaired) electrons. The van der Waals surface area contributed by atoms with Crippen LogP contribution >= 0.6 is 0 Å². The average molecular weight is 478 g/mol. The highest BCUT2D eigenvalue weighted by Crippen LogP contribution is 2.41. The zero-order chi connectivity index (χ0) is 25.2. The van der Waals surface area contributed by atoms with E-state index >= 15 is 0 Å². The lowest BCUT2D eigenvalue weighted by Crippen LogP contribution is -2.11. The van der Waals surface area contributed by atoms with Crippen molar-refractivity contribution in [1.29, 1.82) is 0 Å². The van der Waals surface area contributed by atoms with Gasteiger partial charge in [0.05, 0.1) is 0 Å². The van der Waals surface area contributed by atoms with Crippen LogP contribution in [0.5, 0.6) is 0 Å². The minimum absolute atomic E-state index is 0.334. The Morgan fingerprint density at radius 3 is 1.81 bits per heavy atom. The standard InChI is InChI=1S/C36H31N/c1-26-11-19-31(20-12-26)37(32-21-13-27(2)14-22-32)33-23-15-28(16-24-33)25-36-34-9-5-3-7-29(34)17-18-30-8-4-6-10-35(30)36/h3-25,29,34H,1-2H3. The highest BCUT2D eigenvalue weighted by Gasteiger charge is 2.25. The quantitative estimate of drug-likeness (QED) is 0.283. The van der Waals surface area contributed by atoms with E-state index in [4.69, 9.17) is 0 Å². The number of fused-ring (bicyclic) bond motifs is 2. The van der Waals surface area contributed by atoms with Crippen LogP contribution in [-0.2, 0) is 0 Å². The van der Waals surface area contributed by atoms with Gasteiger partial charge >= 0.3 is 0 Å². The number of aryl methyl sites for hydroxylation is 2. The molecule has 0 heterocycles. The number of rotatable bonds is 4. The molecule has 0 amide bonds. The highest BCUT2D eigenvalue weighted by atomic mass is 15.1. The summed E-state index contributed by atoms with van der Waals surface area (Å²) < 4.78 is 0. The van der Waals surface area contributed by atoms with Crippen LogP contribution in [0.4, 0.5) is 17.1 Å². The molecule has 0 bridgehead atoms. The van der Waals surface area contributed by atoms with Crippen LogP contribution in [0.2, 0.25) is 0 Å². The minimum Gasteiger partial charge on any atom is -0.311 e. The smallest absolute Gasteiger partial charge is 0.0462 e. The molecule has 0 spiro atoms. The van der Waals surface area contributed by atoms with Gasteiger partial charge in [0.1, 0.15) is 0 Å². The molecule has 2 unspecified atom stereocenters. The zero-order valence-corrected chi connectivity index (χ0v) is 21.4. The Bertz CT molecular complexity index is 1470. The van der Waals surface area contributed by atoms with Crippen LogP contribution in [0.1, 0.15) is 27.8 Å². The molecule has 4 aromatic rings. The molecular formula is C36H31N. The third kappa shape index (κ3) is 4.73. The molecule has 6 rings (SSSR count). The first-order valence-electron chi connectivity index (χ1n) is 13.0. The van der Waals surface area contributed by atoms with Gasteiger partial charge in [-0.05, 0) is 72.5 Å². The zero-order valence-electron chi connectivity index (χ0n) is 21.4. The van der Waals surface area contributed by atoms with Crippen LogP contribution in [0.3, 0.4) is 0 Å². The number of benzene rings is 4. The highest BCUT2D eigenvalue weighted by molar-refractivity contribution is 5.89. The van der Waals surface area contributed by atoms with Crippen molar-refractivity contribution >= 4 is 34.8 Å². The van der Waals surface area contributed by atoms with Gasteiger partial charge in [0.25, 0.3) is 0 Å². The van der Waals surface area contributed by atoms with E-state index in [1.54, 1.807) is 0 Å². The van der Waals surface area contributed by atoms with E-state index in [0.717, 1.165) is 17.1 Å². The molecule has 0 N–H and O–H groups in total. The van der Waals surface area contributed by atoms with E-state index in [1.165, 1.54) is 33.4 Å². The summed E-state index contributed by atoms with van der Waals surface area (Å²) in [6.07, 6.45) is 16.0. The van der Waals surface area contributed by atoms with Crippen molar-refractivity contribution in [1.82, 2.24) is 0 Å². The monoisotopic (exact) mass is 477 g/mol. The second-order valence-corrected chi connectivity index (χ2v) is 10.0. The lowest BCUT2D eigenvalue weighted by atomic mass is 9.80. The minimum atomic E-state index is 0.334. The molecule has 2 aliphatic carbocycles. The number of anilines is 3. The summed E-state index contributed by atoms with van der Waals surface area (Å²) >= 11 is 0. The fraction of sp³-hybridized carbons (Fsp3) is 0.111. The van der Waals surface area contributed by atoms with E-state index in [1.807, 2.05) is 0 Å². The number of hydrogen-bond donors (Lipinski definition) is 0. The Morgan fingerprint density at radius 2 is 1.16 bits per heavy atom. The molecule has 0 fully saturated rings. The second-order valence-electron chi connectivity index (χ2n) is 10.0. The fourth-order valence-electron chi connectivity index (χ4n) is 5.33. The van der Waals surface area contributed by atoms with Gasteiger partial charge in [-0.2, -0.15) is 0 Å². The van der Waals surface area contributed by atoms with Crippen molar-refractivity contribution in [3.05, 3.63) is 155 Å². The summed E-state index contributed by atoms with van der Waals surface area (Å²) in [4.78, 5) is 2.32. The van der Waals surface area contributed by atoms with Gasteiger partial charge in [-0.25, -0.2) is 0 Å². The van der Waals surface area contributed by atoms with Crippen LogP contribution in [0.25, 0.3) is 17.7 Å². The summed E-state index contributed by atoms with van der Waals surface area (Å²) in [5, 5.41) is 0. The van der Waals surface area contributed by atoms with Crippen LogP contribution in [0.15, 0.2) is 127 Å².